The van der Waals surface area contributed by atoms with Gasteiger partial charge in [-0.2, -0.15) is 5.10 Å². The molecule has 1 aromatic carbocycles. The van der Waals surface area contributed by atoms with Crippen LogP contribution in [0.1, 0.15) is 36.0 Å². The lowest BCUT2D eigenvalue weighted by Gasteiger charge is -2.15. The SMILES string of the molecule is O=C(Nc1cc(-c2ccccc2)[nH]n1)c1cccnc1NC1CCCC1. The summed E-state index contributed by atoms with van der Waals surface area (Å²) in [4.78, 5) is 17.1. The number of hydrogen-bond acceptors (Lipinski definition) is 4. The van der Waals surface area contributed by atoms with Gasteiger partial charge in [-0.1, -0.05) is 43.2 Å². The molecule has 1 fully saturated rings. The van der Waals surface area contributed by atoms with Gasteiger partial charge in [-0.25, -0.2) is 4.98 Å². The Bertz CT molecular complexity index is 884. The fraction of sp³-hybridized carbons (Fsp3) is 0.250. The molecule has 0 atom stereocenters. The lowest BCUT2D eigenvalue weighted by molar-refractivity contribution is 0.102. The Morgan fingerprint density at radius 2 is 1.88 bits per heavy atom. The van der Waals surface area contributed by atoms with Crippen molar-refractivity contribution in [1.82, 2.24) is 15.2 Å². The van der Waals surface area contributed by atoms with Crippen LogP contribution in [0.4, 0.5) is 11.6 Å². The monoisotopic (exact) mass is 347 g/mol. The Morgan fingerprint density at radius 1 is 1.08 bits per heavy atom. The predicted octanol–water partition coefficient (Wildman–Crippen LogP) is 4.08. The molecule has 1 aliphatic carbocycles. The molecule has 2 aromatic heterocycles. The third kappa shape index (κ3) is 3.59. The Labute approximate surface area is 152 Å². The van der Waals surface area contributed by atoms with Crippen molar-refractivity contribution in [2.45, 2.75) is 31.7 Å². The highest BCUT2D eigenvalue weighted by molar-refractivity contribution is 6.07. The van der Waals surface area contributed by atoms with Crippen LogP contribution in [0.25, 0.3) is 11.3 Å². The molecule has 26 heavy (non-hydrogen) atoms. The largest absolute Gasteiger partial charge is 0.367 e. The number of carbonyl (C=O) groups excluding carboxylic acids is 1. The number of hydrogen-bond donors (Lipinski definition) is 3. The molecule has 1 saturated carbocycles. The molecule has 6 nitrogen and oxygen atoms in total. The van der Waals surface area contributed by atoms with Crippen molar-refractivity contribution in [3.05, 3.63) is 60.3 Å². The first-order valence-corrected chi connectivity index (χ1v) is 8.93. The van der Waals surface area contributed by atoms with E-state index in [1.54, 1.807) is 18.3 Å². The first kappa shape index (κ1) is 16.3. The van der Waals surface area contributed by atoms with Gasteiger partial charge in [0.2, 0.25) is 0 Å². The summed E-state index contributed by atoms with van der Waals surface area (Å²) in [7, 11) is 0. The van der Waals surface area contributed by atoms with Gasteiger partial charge in [0.1, 0.15) is 5.82 Å². The third-order valence-electron chi connectivity index (χ3n) is 4.65. The van der Waals surface area contributed by atoms with Crippen molar-refractivity contribution in [2.24, 2.45) is 0 Å². The molecule has 6 heteroatoms. The number of rotatable bonds is 5. The summed E-state index contributed by atoms with van der Waals surface area (Å²) >= 11 is 0. The van der Waals surface area contributed by atoms with Crippen molar-refractivity contribution in [3.63, 3.8) is 0 Å². The summed E-state index contributed by atoms with van der Waals surface area (Å²) < 4.78 is 0. The van der Waals surface area contributed by atoms with E-state index in [2.05, 4.69) is 25.8 Å². The maximum atomic E-state index is 12.7. The van der Waals surface area contributed by atoms with Crippen LogP contribution in [-0.4, -0.2) is 27.1 Å². The molecule has 0 unspecified atom stereocenters. The van der Waals surface area contributed by atoms with Crippen LogP contribution in [-0.2, 0) is 0 Å². The molecule has 1 aliphatic rings. The minimum atomic E-state index is -0.218. The quantitative estimate of drug-likeness (QED) is 0.649. The van der Waals surface area contributed by atoms with Crippen molar-refractivity contribution < 1.29 is 4.79 Å². The first-order chi connectivity index (χ1) is 12.8. The highest BCUT2D eigenvalue weighted by atomic mass is 16.1. The van der Waals surface area contributed by atoms with Crippen molar-refractivity contribution >= 4 is 17.5 Å². The van der Waals surface area contributed by atoms with Gasteiger partial charge in [-0.05, 0) is 30.5 Å². The van der Waals surface area contributed by atoms with Crippen LogP contribution in [0, 0.1) is 0 Å². The minimum absolute atomic E-state index is 0.218. The second kappa shape index (κ2) is 7.39. The number of aromatic nitrogens is 3. The Morgan fingerprint density at radius 3 is 2.69 bits per heavy atom. The highest BCUT2D eigenvalue weighted by Crippen LogP contribution is 2.24. The van der Waals surface area contributed by atoms with Crippen molar-refractivity contribution in [3.8, 4) is 11.3 Å². The molecule has 4 rings (SSSR count). The molecule has 0 aliphatic heterocycles. The molecule has 2 heterocycles. The molecule has 0 saturated heterocycles. The summed E-state index contributed by atoms with van der Waals surface area (Å²) in [5.74, 6) is 0.907. The van der Waals surface area contributed by atoms with E-state index in [9.17, 15) is 4.79 Å². The maximum Gasteiger partial charge on any atom is 0.260 e. The van der Waals surface area contributed by atoms with E-state index < -0.39 is 0 Å². The second-order valence-corrected chi connectivity index (χ2v) is 6.51. The molecule has 3 aromatic rings. The number of aromatic amines is 1. The summed E-state index contributed by atoms with van der Waals surface area (Å²) in [5, 5.41) is 13.4. The standard InChI is InChI=1S/C20H21N5O/c26-20(16-11-6-12-21-19(16)22-15-9-4-5-10-15)23-18-13-17(24-25-18)14-7-2-1-3-8-14/h1-3,6-8,11-13,15H,4-5,9-10H2,(H,21,22)(H2,23,24,25,26). The molecule has 132 valence electrons. The number of nitrogens with zero attached hydrogens (tertiary/aromatic N) is 2. The number of anilines is 2. The molecule has 0 bridgehead atoms. The van der Waals surface area contributed by atoms with Crippen LogP contribution in [0.15, 0.2) is 54.7 Å². The fourth-order valence-electron chi connectivity index (χ4n) is 3.30. The van der Waals surface area contributed by atoms with Gasteiger partial charge >= 0.3 is 0 Å². The average Bonchev–Trinajstić information content (AvgIpc) is 3.35. The normalized spacial score (nSPS) is 14.3. The third-order valence-corrected chi connectivity index (χ3v) is 4.65. The summed E-state index contributed by atoms with van der Waals surface area (Å²) in [6, 6.07) is 15.6. The molecule has 0 radical (unpaired) electrons. The molecular weight excluding hydrogens is 326 g/mol. The van der Waals surface area contributed by atoms with Crippen LogP contribution in [0.2, 0.25) is 0 Å². The lowest BCUT2D eigenvalue weighted by Crippen LogP contribution is -2.20. The Kier molecular flexibility index (Phi) is 4.64. The zero-order valence-electron chi connectivity index (χ0n) is 14.4. The van der Waals surface area contributed by atoms with Crippen molar-refractivity contribution in [2.75, 3.05) is 10.6 Å². The van der Waals surface area contributed by atoms with Gasteiger partial charge in [0.05, 0.1) is 11.3 Å². The van der Waals surface area contributed by atoms with Gasteiger partial charge in [-0.3, -0.25) is 9.89 Å². The fourth-order valence-corrected chi connectivity index (χ4v) is 3.30. The van der Waals surface area contributed by atoms with Crippen molar-refractivity contribution in [1.29, 1.82) is 0 Å². The topological polar surface area (TPSA) is 82.7 Å². The van der Waals surface area contributed by atoms with E-state index in [4.69, 9.17) is 0 Å². The van der Waals surface area contributed by atoms with Crippen LogP contribution in [0.5, 0.6) is 0 Å². The smallest absolute Gasteiger partial charge is 0.260 e. The zero-order chi connectivity index (χ0) is 17.8. The number of benzene rings is 1. The first-order valence-electron chi connectivity index (χ1n) is 8.93. The average molecular weight is 347 g/mol. The minimum Gasteiger partial charge on any atom is -0.367 e. The van der Waals surface area contributed by atoms with E-state index in [0.29, 0.717) is 23.2 Å². The van der Waals surface area contributed by atoms with E-state index in [0.717, 1.165) is 24.1 Å². The Hall–Kier alpha value is -3.15. The van der Waals surface area contributed by atoms with Crippen LogP contribution < -0.4 is 10.6 Å². The van der Waals surface area contributed by atoms with Gasteiger partial charge in [-0.15, -0.1) is 0 Å². The van der Waals surface area contributed by atoms with Gasteiger partial charge in [0, 0.05) is 18.3 Å². The van der Waals surface area contributed by atoms with E-state index in [1.165, 1.54) is 12.8 Å². The molecule has 0 spiro atoms. The highest BCUT2D eigenvalue weighted by Gasteiger charge is 2.19. The van der Waals surface area contributed by atoms with Crippen LogP contribution >= 0.6 is 0 Å². The number of carbonyl (C=O) groups is 1. The van der Waals surface area contributed by atoms with E-state index >= 15 is 0 Å². The molecule has 1 amide bonds. The molecule has 3 N–H and O–H groups in total. The zero-order valence-corrected chi connectivity index (χ0v) is 14.4. The van der Waals surface area contributed by atoms with E-state index in [1.807, 2.05) is 36.4 Å². The summed E-state index contributed by atoms with van der Waals surface area (Å²) in [6.07, 6.45) is 6.40. The van der Waals surface area contributed by atoms with Gasteiger partial charge < -0.3 is 10.6 Å². The van der Waals surface area contributed by atoms with Gasteiger partial charge in [0.25, 0.3) is 5.91 Å². The lowest BCUT2D eigenvalue weighted by atomic mass is 10.1. The number of amides is 1. The summed E-state index contributed by atoms with van der Waals surface area (Å²) in [6.45, 7) is 0. The number of H-pyrrole nitrogens is 1. The number of nitrogens with one attached hydrogen (secondary N) is 3. The maximum absolute atomic E-state index is 12.7. The number of pyridine rings is 1. The van der Waals surface area contributed by atoms with E-state index in [-0.39, 0.29) is 5.91 Å². The second-order valence-electron chi connectivity index (χ2n) is 6.51. The van der Waals surface area contributed by atoms with Crippen LogP contribution in [0.3, 0.4) is 0 Å². The summed E-state index contributed by atoms with van der Waals surface area (Å²) in [5.41, 5.74) is 2.41. The van der Waals surface area contributed by atoms with Gasteiger partial charge in [0.15, 0.2) is 5.82 Å². The predicted molar refractivity (Wildman–Crippen MR) is 102 cm³/mol. The molecular formula is C20H21N5O. The Balaban J connectivity index is 1.49.